The Hall–Kier alpha value is -1.98. The molecule has 0 aliphatic heterocycles. The lowest BCUT2D eigenvalue weighted by molar-refractivity contribution is 0.0521. The molecular weight excluding hydrogens is 392 g/mol. The quantitative estimate of drug-likeness (QED) is 0.459. The Bertz CT molecular complexity index is 978. The standard InChI is InChI=1S/C22H23ClN2O2S/c1-2-27-22(26)20-21-17(13-19(28-21)15-8-10-16(23)11-9-15)18(24-25-20)12-14-6-4-3-5-7-14/h8-11,13-14H,2-7,12H2,1H3. The van der Waals surface area contributed by atoms with E-state index in [0.717, 1.165) is 32.6 Å². The van der Waals surface area contributed by atoms with E-state index in [1.54, 1.807) is 18.3 Å². The van der Waals surface area contributed by atoms with Crippen molar-refractivity contribution in [1.29, 1.82) is 0 Å². The lowest BCUT2D eigenvalue weighted by atomic mass is 9.85. The summed E-state index contributed by atoms with van der Waals surface area (Å²) in [6.07, 6.45) is 7.33. The first kappa shape index (κ1) is 19.3. The lowest BCUT2D eigenvalue weighted by Crippen LogP contribution is -2.13. The molecule has 0 spiro atoms. The molecular formula is C22H23ClN2O2S. The summed E-state index contributed by atoms with van der Waals surface area (Å²) < 4.78 is 6.07. The molecule has 0 amide bonds. The van der Waals surface area contributed by atoms with Crippen molar-refractivity contribution in [2.24, 2.45) is 5.92 Å². The minimum atomic E-state index is -0.409. The smallest absolute Gasteiger partial charge is 0.360 e. The maximum atomic E-state index is 12.4. The number of hydrogen-bond donors (Lipinski definition) is 0. The highest BCUT2D eigenvalue weighted by atomic mass is 35.5. The second-order valence-electron chi connectivity index (χ2n) is 7.28. The van der Waals surface area contributed by atoms with Crippen molar-refractivity contribution in [3.05, 3.63) is 46.7 Å². The first-order valence-corrected chi connectivity index (χ1v) is 11.1. The molecule has 1 fully saturated rings. The number of nitrogens with zero attached hydrogens (tertiary/aromatic N) is 2. The van der Waals surface area contributed by atoms with E-state index in [0.29, 0.717) is 23.2 Å². The summed E-state index contributed by atoms with van der Waals surface area (Å²) in [5.41, 5.74) is 2.38. The summed E-state index contributed by atoms with van der Waals surface area (Å²) in [5.74, 6) is 0.243. The van der Waals surface area contributed by atoms with Gasteiger partial charge in [0.15, 0.2) is 5.69 Å². The van der Waals surface area contributed by atoms with Crippen LogP contribution in [0.15, 0.2) is 30.3 Å². The highest BCUT2D eigenvalue weighted by Crippen LogP contribution is 2.38. The van der Waals surface area contributed by atoms with Gasteiger partial charge in [0.05, 0.1) is 17.0 Å². The average Bonchev–Trinajstić information content (AvgIpc) is 3.15. The Kier molecular flexibility index (Phi) is 5.93. The third-order valence-electron chi connectivity index (χ3n) is 5.33. The Morgan fingerprint density at radius 2 is 1.93 bits per heavy atom. The third-order valence-corrected chi connectivity index (χ3v) is 6.78. The van der Waals surface area contributed by atoms with Gasteiger partial charge in [-0.1, -0.05) is 55.8 Å². The van der Waals surface area contributed by atoms with Crippen molar-refractivity contribution in [3.63, 3.8) is 0 Å². The van der Waals surface area contributed by atoms with Gasteiger partial charge in [0.2, 0.25) is 0 Å². The van der Waals surface area contributed by atoms with Crippen LogP contribution < -0.4 is 0 Å². The van der Waals surface area contributed by atoms with Gasteiger partial charge in [0.25, 0.3) is 0 Å². The molecule has 28 heavy (non-hydrogen) atoms. The zero-order chi connectivity index (χ0) is 19.5. The molecule has 0 atom stereocenters. The largest absolute Gasteiger partial charge is 0.461 e. The van der Waals surface area contributed by atoms with Gasteiger partial charge >= 0.3 is 5.97 Å². The minimum Gasteiger partial charge on any atom is -0.461 e. The molecule has 4 nitrogen and oxygen atoms in total. The molecule has 1 aliphatic carbocycles. The van der Waals surface area contributed by atoms with Gasteiger partial charge in [0, 0.05) is 15.3 Å². The summed E-state index contributed by atoms with van der Waals surface area (Å²) in [5, 5.41) is 10.5. The number of ether oxygens (including phenoxy) is 1. The van der Waals surface area contributed by atoms with E-state index in [1.807, 2.05) is 24.3 Å². The molecule has 0 unspecified atom stereocenters. The van der Waals surface area contributed by atoms with E-state index in [1.165, 1.54) is 32.1 Å². The van der Waals surface area contributed by atoms with E-state index < -0.39 is 5.97 Å². The van der Waals surface area contributed by atoms with Crippen LogP contribution in [0, 0.1) is 5.92 Å². The highest BCUT2D eigenvalue weighted by Gasteiger charge is 2.22. The minimum absolute atomic E-state index is 0.314. The molecule has 0 radical (unpaired) electrons. The van der Waals surface area contributed by atoms with Crippen LogP contribution in [0.1, 0.15) is 55.2 Å². The van der Waals surface area contributed by atoms with E-state index in [9.17, 15) is 4.79 Å². The number of fused-ring (bicyclic) bond motifs is 1. The summed E-state index contributed by atoms with van der Waals surface area (Å²) in [7, 11) is 0. The molecule has 0 bridgehead atoms. The van der Waals surface area contributed by atoms with Gasteiger partial charge in [0.1, 0.15) is 0 Å². The van der Waals surface area contributed by atoms with Crippen molar-refractivity contribution in [2.45, 2.75) is 45.4 Å². The van der Waals surface area contributed by atoms with Crippen molar-refractivity contribution in [2.75, 3.05) is 6.61 Å². The normalized spacial score (nSPS) is 15.1. The van der Waals surface area contributed by atoms with Crippen molar-refractivity contribution < 1.29 is 9.53 Å². The molecule has 4 rings (SSSR count). The number of carbonyl (C=O) groups excluding carboxylic acids is 1. The summed E-state index contributed by atoms with van der Waals surface area (Å²) in [6, 6.07) is 9.90. The van der Waals surface area contributed by atoms with Gasteiger partial charge < -0.3 is 4.74 Å². The molecule has 1 aliphatic rings. The predicted molar refractivity (Wildman–Crippen MR) is 114 cm³/mol. The zero-order valence-electron chi connectivity index (χ0n) is 15.9. The van der Waals surface area contributed by atoms with Crippen molar-refractivity contribution >= 4 is 39.0 Å². The van der Waals surface area contributed by atoms with Gasteiger partial charge in [-0.2, -0.15) is 5.10 Å². The highest BCUT2D eigenvalue weighted by molar-refractivity contribution is 7.22. The number of carbonyl (C=O) groups is 1. The first-order valence-electron chi connectivity index (χ1n) is 9.88. The van der Waals surface area contributed by atoms with E-state index in [4.69, 9.17) is 16.3 Å². The predicted octanol–water partition coefficient (Wildman–Crippen LogP) is 6.31. The molecule has 2 aromatic heterocycles. The molecule has 0 N–H and O–H groups in total. The van der Waals surface area contributed by atoms with Crippen LogP contribution in [0.4, 0.5) is 0 Å². The Labute approximate surface area is 173 Å². The molecule has 1 saturated carbocycles. The zero-order valence-corrected chi connectivity index (χ0v) is 17.5. The first-order chi connectivity index (χ1) is 13.7. The van der Waals surface area contributed by atoms with Crippen molar-refractivity contribution in [1.82, 2.24) is 10.2 Å². The molecule has 0 saturated heterocycles. The number of halogens is 1. The van der Waals surface area contributed by atoms with E-state index >= 15 is 0 Å². The van der Waals surface area contributed by atoms with Gasteiger partial charge in [-0.3, -0.25) is 0 Å². The SMILES string of the molecule is CCOC(=O)c1nnc(CC2CCCCC2)c2cc(-c3ccc(Cl)cc3)sc12. The fourth-order valence-electron chi connectivity index (χ4n) is 3.90. The number of rotatable bonds is 5. The lowest BCUT2D eigenvalue weighted by Gasteiger charge is -2.21. The Morgan fingerprint density at radius 3 is 2.64 bits per heavy atom. The third kappa shape index (κ3) is 4.06. The second-order valence-corrected chi connectivity index (χ2v) is 8.77. The van der Waals surface area contributed by atoms with Crippen LogP contribution in [0.3, 0.4) is 0 Å². The number of aromatic nitrogens is 2. The molecule has 146 valence electrons. The average molecular weight is 415 g/mol. The maximum Gasteiger partial charge on any atom is 0.360 e. The molecule has 6 heteroatoms. The van der Waals surface area contributed by atoms with Crippen LogP contribution in [0.5, 0.6) is 0 Å². The van der Waals surface area contributed by atoms with E-state index in [-0.39, 0.29) is 0 Å². The Balaban J connectivity index is 1.78. The number of hydrogen-bond acceptors (Lipinski definition) is 5. The summed E-state index contributed by atoms with van der Waals surface area (Å²) >= 11 is 7.60. The van der Waals surface area contributed by atoms with Gasteiger partial charge in [-0.15, -0.1) is 16.4 Å². The van der Waals surface area contributed by atoms with Gasteiger partial charge in [-0.05, 0) is 43.0 Å². The molecule has 3 aromatic rings. The van der Waals surface area contributed by atoms with Crippen LogP contribution in [0.25, 0.3) is 20.5 Å². The number of benzene rings is 1. The maximum absolute atomic E-state index is 12.4. The molecule has 1 aromatic carbocycles. The van der Waals surface area contributed by atoms with Crippen LogP contribution in [0.2, 0.25) is 5.02 Å². The van der Waals surface area contributed by atoms with Gasteiger partial charge in [-0.25, -0.2) is 4.79 Å². The number of esters is 1. The number of thiophene rings is 1. The Morgan fingerprint density at radius 1 is 1.18 bits per heavy atom. The van der Waals surface area contributed by atoms with Crippen LogP contribution in [-0.2, 0) is 11.2 Å². The van der Waals surface area contributed by atoms with Crippen LogP contribution in [-0.4, -0.2) is 22.8 Å². The topological polar surface area (TPSA) is 52.1 Å². The van der Waals surface area contributed by atoms with Crippen molar-refractivity contribution in [3.8, 4) is 10.4 Å². The van der Waals surface area contributed by atoms with E-state index in [2.05, 4.69) is 16.3 Å². The van der Waals surface area contributed by atoms with Crippen LogP contribution >= 0.6 is 22.9 Å². The summed E-state index contributed by atoms with van der Waals surface area (Å²) in [6.45, 7) is 2.12. The fourth-order valence-corrected chi connectivity index (χ4v) is 5.18. The fraction of sp³-hybridized carbons (Fsp3) is 0.409. The monoisotopic (exact) mass is 414 g/mol. The molecule has 2 heterocycles. The second kappa shape index (κ2) is 8.58. The summed E-state index contributed by atoms with van der Waals surface area (Å²) in [4.78, 5) is 13.5.